The third-order valence-electron chi connectivity index (χ3n) is 6.30. The molecule has 0 aliphatic carbocycles. The summed E-state index contributed by atoms with van der Waals surface area (Å²) in [5, 5.41) is 6.68. The van der Waals surface area contributed by atoms with E-state index in [-0.39, 0.29) is 6.03 Å². The summed E-state index contributed by atoms with van der Waals surface area (Å²) in [6.07, 6.45) is 8.71. The van der Waals surface area contributed by atoms with Crippen molar-refractivity contribution >= 4 is 34.7 Å². The van der Waals surface area contributed by atoms with Crippen LogP contribution in [0.2, 0.25) is 0 Å². The predicted molar refractivity (Wildman–Crippen MR) is 129 cm³/mol. The number of piperidine rings is 1. The van der Waals surface area contributed by atoms with Gasteiger partial charge in [-0.05, 0) is 75.1 Å². The summed E-state index contributed by atoms with van der Waals surface area (Å²) >= 11 is 0. The molecule has 1 saturated heterocycles. The van der Waals surface area contributed by atoms with Gasteiger partial charge in [0.15, 0.2) is 6.29 Å². The number of furan rings is 1. The lowest BCUT2D eigenvalue weighted by atomic mass is 9.89. The van der Waals surface area contributed by atoms with Crippen LogP contribution in [0.5, 0.6) is 0 Å². The van der Waals surface area contributed by atoms with E-state index in [9.17, 15) is 9.59 Å². The molecule has 1 aromatic heterocycles. The van der Waals surface area contributed by atoms with Gasteiger partial charge in [0.1, 0.15) is 5.58 Å². The fourth-order valence-corrected chi connectivity index (χ4v) is 4.49. The molecule has 2 amide bonds. The van der Waals surface area contributed by atoms with Crippen LogP contribution in [0.25, 0.3) is 11.0 Å². The highest BCUT2D eigenvalue weighted by Gasteiger charge is 2.23. The van der Waals surface area contributed by atoms with Crippen molar-refractivity contribution in [2.24, 2.45) is 0 Å². The van der Waals surface area contributed by atoms with Crippen LogP contribution in [0.4, 0.5) is 16.2 Å². The van der Waals surface area contributed by atoms with E-state index in [1.54, 1.807) is 24.3 Å². The van der Waals surface area contributed by atoms with Gasteiger partial charge >= 0.3 is 6.03 Å². The number of benzene rings is 2. The Kier molecular flexibility index (Phi) is 7.22. The number of amides is 2. The van der Waals surface area contributed by atoms with E-state index in [2.05, 4.69) is 22.5 Å². The van der Waals surface area contributed by atoms with Crippen molar-refractivity contribution in [3.05, 3.63) is 59.9 Å². The molecular formula is C26H31N3O3. The number of para-hydroxylation sites is 1. The monoisotopic (exact) mass is 433 g/mol. The van der Waals surface area contributed by atoms with Crippen LogP contribution in [0.3, 0.4) is 0 Å². The molecule has 1 fully saturated rings. The number of hydrogen-bond acceptors (Lipinski definition) is 4. The first-order valence-electron chi connectivity index (χ1n) is 11.5. The summed E-state index contributed by atoms with van der Waals surface area (Å²) in [6, 6.07) is 12.2. The first-order valence-corrected chi connectivity index (χ1v) is 11.5. The van der Waals surface area contributed by atoms with Crippen molar-refractivity contribution < 1.29 is 14.0 Å². The Morgan fingerprint density at radius 1 is 1.12 bits per heavy atom. The molecule has 1 aliphatic rings. The number of carbonyl (C=O) groups is 2. The average Bonchev–Trinajstić information content (AvgIpc) is 3.23. The van der Waals surface area contributed by atoms with Gasteiger partial charge < -0.3 is 20.0 Å². The Hall–Kier alpha value is -3.12. The van der Waals surface area contributed by atoms with Gasteiger partial charge in [0.25, 0.3) is 0 Å². The molecule has 0 saturated carbocycles. The molecule has 2 heterocycles. The minimum absolute atomic E-state index is 0.385. The van der Waals surface area contributed by atoms with Gasteiger partial charge in [-0.25, -0.2) is 4.79 Å². The van der Waals surface area contributed by atoms with Crippen molar-refractivity contribution in [1.29, 1.82) is 0 Å². The van der Waals surface area contributed by atoms with Gasteiger partial charge in [-0.15, -0.1) is 0 Å². The zero-order valence-corrected chi connectivity index (χ0v) is 18.6. The number of likely N-dealkylation sites (tertiary alicyclic amines) is 1. The molecule has 0 bridgehead atoms. The Bertz CT molecular complexity index is 1070. The first kappa shape index (κ1) is 22.1. The standard InChI is InChI=1S/C26H31N3O3/c1-2-3-6-13-29-14-11-19(12-15-29)23-18-32-25-10-9-21(16-22(23)25)27-26(31)28-24-8-5-4-7-20(24)17-30/h4-5,7-10,16-19H,2-3,6,11-15H2,1H3,(H2,27,28,31). The lowest BCUT2D eigenvalue weighted by Crippen LogP contribution is -2.33. The van der Waals surface area contributed by atoms with E-state index >= 15 is 0 Å². The summed E-state index contributed by atoms with van der Waals surface area (Å²) in [6.45, 7) is 5.69. The molecule has 4 rings (SSSR count). The topological polar surface area (TPSA) is 74.6 Å². The molecule has 6 heteroatoms. The Morgan fingerprint density at radius 2 is 1.94 bits per heavy atom. The number of unbranched alkanes of at least 4 members (excludes halogenated alkanes) is 2. The highest BCUT2D eigenvalue weighted by molar-refractivity contribution is 6.03. The van der Waals surface area contributed by atoms with Crippen LogP contribution in [0, 0.1) is 0 Å². The maximum absolute atomic E-state index is 12.5. The van der Waals surface area contributed by atoms with Crippen molar-refractivity contribution in [2.75, 3.05) is 30.3 Å². The second-order valence-electron chi connectivity index (χ2n) is 8.51. The number of aldehydes is 1. The van der Waals surface area contributed by atoms with Crippen LogP contribution < -0.4 is 10.6 Å². The maximum atomic E-state index is 12.5. The van der Waals surface area contributed by atoms with E-state index in [1.807, 2.05) is 24.5 Å². The van der Waals surface area contributed by atoms with E-state index in [0.717, 1.165) is 43.2 Å². The highest BCUT2D eigenvalue weighted by atomic mass is 16.3. The molecule has 2 aromatic carbocycles. The zero-order valence-electron chi connectivity index (χ0n) is 18.6. The summed E-state index contributed by atoms with van der Waals surface area (Å²) in [5.41, 5.74) is 3.68. The van der Waals surface area contributed by atoms with Crippen LogP contribution in [0.15, 0.2) is 53.1 Å². The van der Waals surface area contributed by atoms with Gasteiger partial charge in [-0.3, -0.25) is 4.79 Å². The Labute approximate surface area is 189 Å². The number of nitrogens with one attached hydrogen (secondary N) is 2. The smallest absolute Gasteiger partial charge is 0.323 e. The number of anilines is 2. The third kappa shape index (κ3) is 5.19. The summed E-state index contributed by atoms with van der Waals surface area (Å²) < 4.78 is 5.81. The molecule has 0 radical (unpaired) electrons. The van der Waals surface area contributed by atoms with E-state index in [0.29, 0.717) is 22.9 Å². The molecule has 6 nitrogen and oxygen atoms in total. The SMILES string of the molecule is CCCCCN1CCC(c2coc3ccc(NC(=O)Nc4ccccc4C=O)cc23)CC1. The molecule has 32 heavy (non-hydrogen) atoms. The number of nitrogens with zero attached hydrogens (tertiary/aromatic N) is 1. The van der Waals surface area contributed by atoms with Crippen LogP contribution in [0.1, 0.15) is 60.9 Å². The summed E-state index contributed by atoms with van der Waals surface area (Å²) in [7, 11) is 0. The van der Waals surface area contributed by atoms with Gasteiger partial charge in [0.05, 0.1) is 12.0 Å². The average molecular weight is 434 g/mol. The van der Waals surface area contributed by atoms with Gasteiger partial charge in [0, 0.05) is 22.2 Å². The fourth-order valence-electron chi connectivity index (χ4n) is 4.49. The molecule has 0 unspecified atom stereocenters. The van der Waals surface area contributed by atoms with Crippen LogP contribution >= 0.6 is 0 Å². The number of urea groups is 1. The lowest BCUT2D eigenvalue weighted by Gasteiger charge is -2.31. The number of fused-ring (bicyclic) bond motifs is 1. The molecular weight excluding hydrogens is 402 g/mol. The van der Waals surface area contributed by atoms with Gasteiger partial charge in [0.2, 0.25) is 0 Å². The first-order chi connectivity index (χ1) is 15.7. The normalized spacial score (nSPS) is 15.0. The van der Waals surface area contributed by atoms with Crippen LogP contribution in [-0.2, 0) is 0 Å². The molecule has 0 spiro atoms. The third-order valence-corrected chi connectivity index (χ3v) is 6.30. The van der Waals surface area contributed by atoms with E-state index < -0.39 is 0 Å². The highest BCUT2D eigenvalue weighted by Crippen LogP contribution is 2.35. The summed E-state index contributed by atoms with van der Waals surface area (Å²) in [4.78, 5) is 26.2. The lowest BCUT2D eigenvalue weighted by molar-refractivity contribution is 0.112. The Morgan fingerprint density at radius 3 is 2.72 bits per heavy atom. The quantitative estimate of drug-likeness (QED) is 0.325. The molecule has 0 atom stereocenters. The molecule has 2 N–H and O–H groups in total. The van der Waals surface area contributed by atoms with E-state index in [1.165, 1.54) is 31.4 Å². The van der Waals surface area contributed by atoms with Crippen molar-refractivity contribution in [3.8, 4) is 0 Å². The molecule has 3 aromatic rings. The molecule has 168 valence electrons. The van der Waals surface area contributed by atoms with Crippen LogP contribution in [-0.4, -0.2) is 36.9 Å². The van der Waals surface area contributed by atoms with E-state index in [4.69, 9.17) is 4.42 Å². The minimum atomic E-state index is -0.385. The predicted octanol–water partition coefficient (Wildman–Crippen LogP) is 6.26. The maximum Gasteiger partial charge on any atom is 0.323 e. The van der Waals surface area contributed by atoms with Crippen molar-refractivity contribution in [1.82, 2.24) is 4.90 Å². The van der Waals surface area contributed by atoms with Gasteiger partial charge in [-0.2, -0.15) is 0 Å². The number of hydrogen-bond donors (Lipinski definition) is 2. The summed E-state index contributed by atoms with van der Waals surface area (Å²) in [5.74, 6) is 0.474. The van der Waals surface area contributed by atoms with Crippen molar-refractivity contribution in [2.45, 2.75) is 44.9 Å². The Balaban J connectivity index is 1.42. The largest absolute Gasteiger partial charge is 0.464 e. The number of carbonyl (C=O) groups excluding carboxylic acids is 2. The molecule has 1 aliphatic heterocycles. The minimum Gasteiger partial charge on any atom is -0.464 e. The van der Waals surface area contributed by atoms with Gasteiger partial charge in [-0.1, -0.05) is 31.9 Å². The zero-order chi connectivity index (χ0) is 22.3. The second kappa shape index (κ2) is 10.5. The fraction of sp³-hybridized carbons (Fsp3) is 0.385. The number of rotatable bonds is 8. The second-order valence-corrected chi connectivity index (χ2v) is 8.51. The van der Waals surface area contributed by atoms with Crippen molar-refractivity contribution in [3.63, 3.8) is 0 Å².